The summed E-state index contributed by atoms with van der Waals surface area (Å²) in [4.78, 5) is 0. The number of rotatable bonds is 7. The highest BCUT2D eigenvalue weighted by Gasteiger charge is 2.42. The first-order chi connectivity index (χ1) is 8.97. The van der Waals surface area contributed by atoms with Gasteiger partial charge in [-0.05, 0) is 32.1 Å². The molecule has 0 bridgehead atoms. The van der Waals surface area contributed by atoms with Crippen LogP contribution in [0, 0.1) is 5.92 Å². The smallest absolute Gasteiger partial charge is 0.311 e. The van der Waals surface area contributed by atoms with Gasteiger partial charge in [-0.15, -0.1) is 0 Å². The van der Waals surface area contributed by atoms with Gasteiger partial charge in [-0.3, -0.25) is 0 Å². The van der Waals surface area contributed by atoms with E-state index in [1.54, 1.807) is 0 Å². The zero-order valence-electron chi connectivity index (χ0n) is 12.2. The van der Waals surface area contributed by atoms with Crippen molar-refractivity contribution in [1.82, 2.24) is 5.32 Å². The maximum absolute atomic E-state index is 12.8. The van der Waals surface area contributed by atoms with Crippen LogP contribution >= 0.6 is 0 Å². The molecular weight excluding hydrogens is 251 g/mol. The Morgan fingerprint density at radius 1 is 1.11 bits per heavy atom. The zero-order valence-corrected chi connectivity index (χ0v) is 12.2. The van der Waals surface area contributed by atoms with Crippen molar-refractivity contribution < 1.29 is 13.2 Å². The lowest BCUT2D eigenvalue weighted by Gasteiger charge is -2.33. The second kappa shape index (κ2) is 8.13. The predicted octanol–water partition coefficient (Wildman–Crippen LogP) is 5.06. The molecule has 0 saturated heterocycles. The van der Waals surface area contributed by atoms with E-state index >= 15 is 0 Å². The van der Waals surface area contributed by atoms with Gasteiger partial charge in [0.15, 0.2) is 0 Å². The van der Waals surface area contributed by atoms with Gasteiger partial charge < -0.3 is 5.32 Å². The third-order valence-corrected chi connectivity index (χ3v) is 4.15. The second-order valence-corrected chi connectivity index (χ2v) is 5.90. The molecule has 1 rings (SSSR count). The molecule has 4 heteroatoms. The number of hydrogen-bond donors (Lipinski definition) is 1. The maximum atomic E-state index is 12.8. The Hall–Kier alpha value is -0.250. The highest BCUT2D eigenvalue weighted by atomic mass is 19.4. The Bertz CT molecular complexity index is 240. The van der Waals surface area contributed by atoms with Crippen molar-refractivity contribution in [2.45, 2.75) is 89.9 Å². The zero-order chi connectivity index (χ0) is 14.3. The van der Waals surface area contributed by atoms with Crippen LogP contribution < -0.4 is 5.32 Å². The third kappa shape index (κ3) is 6.15. The molecule has 114 valence electrons. The maximum Gasteiger partial charge on any atom is 0.391 e. The van der Waals surface area contributed by atoms with Crippen molar-refractivity contribution >= 4 is 0 Å². The van der Waals surface area contributed by atoms with Gasteiger partial charge in [-0.25, -0.2) is 0 Å². The number of nitrogens with one attached hydrogen (secondary N) is 1. The van der Waals surface area contributed by atoms with Crippen LogP contribution in [-0.4, -0.2) is 18.3 Å². The second-order valence-electron chi connectivity index (χ2n) is 5.90. The average molecular weight is 279 g/mol. The molecule has 1 nitrogen and oxygen atoms in total. The van der Waals surface area contributed by atoms with Gasteiger partial charge >= 0.3 is 6.18 Å². The molecular formula is C15H28F3N. The average Bonchev–Trinajstić information content (AvgIpc) is 2.35. The predicted molar refractivity (Wildman–Crippen MR) is 73.2 cm³/mol. The summed E-state index contributed by atoms with van der Waals surface area (Å²) >= 11 is 0. The normalized spacial score (nSPS) is 26.4. The molecule has 0 radical (unpaired) electrons. The Labute approximate surface area is 115 Å². The van der Waals surface area contributed by atoms with Crippen LogP contribution in [0.3, 0.4) is 0 Å². The molecule has 0 aromatic carbocycles. The Balaban J connectivity index is 2.44. The molecule has 0 aromatic rings. The summed E-state index contributed by atoms with van der Waals surface area (Å²) in [6.45, 7) is 4.29. The fourth-order valence-corrected chi connectivity index (χ4v) is 3.08. The topological polar surface area (TPSA) is 12.0 Å². The van der Waals surface area contributed by atoms with Gasteiger partial charge in [-0.1, -0.05) is 39.5 Å². The van der Waals surface area contributed by atoms with Crippen molar-refractivity contribution in [1.29, 1.82) is 0 Å². The Kier molecular flexibility index (Phi) is 7.19. The van der Waals surface area contributed by atoms with Crippen LogP contribution in [0.2, 0.25) is 0 Å². The Morgan fingerprint density at radius 3 is 2.42 bits per heavy atom. The molecule has 0 aromatic heterocycles. The molecule has 1 N–H and O–H groups in total. The summed E-state index contributed by atoms with van der Waals surface area (Å²) < 4.78 is 38.3. The first-order valence-corrected chi connectivity index (χ1v) is 7.80. The summed E-state index contributed by atoms with van der Waals surface area (Å²) in [5.74, 6) is -1.09. The first kappa shape index (κ1) is 16.8. The highest BCUT2D eigenvalue weighted by Crippen LogP contribution is 2.37. The van der Waals surface area contributed by atoms with Gasteiger partial charge in [-0.2, -0.15) is 13.2 Å². The molecule has 19 heavy (non-hydrogen) atoms. The summed E-state index contributed by atoms with van der Waals surface area (Å²) in [5.41, 5.74) is 0. The molecule has 3 unspecified atom stereocenters. The van der Waals surface area contributed by atoms with Crippen LogP contribution in [0.1, 0.15) is 71.6 Å². The number of hydrogen-bond acceptors (Lipinski definition) is 1. The minimum atomic E-state index is -4.01. The first-order valence-electron chi connectivity index (χ1n) is 7.80. The largest absolute Gasteiger partial charge is 0.391 e. The van der Waals surface area contributed by atoms with Gasteiger partial charge in [0.1, 0.15) is 0 Å². The van der Waals surface area contributed by atoms with Gasteiger partial charge in [0, 0.05) is 12.1 Å². The quantitative estimate of drug-likeness (QED) is 0.687. The molecule has 1 fully saturated rings. The van der Waals surface area contributed by atoms with Crippen molar-refractivity contribution in [3.63, 3.8) is 0 Å². The molecule has 1 aliphatic rings. The molecule has 1 aliphatic carbocycles. The van der Waals surface area contributed by atoms with E-state index < -0.39 is 12.1 Å². The van der Waals surface area contributed by atoms with Crippen LogP contribution in [0.15, 0.2) is 0 Å². The van der Waals surface area contributed by atoms with Gasteiger partial charge in [0.05, 0.1) is 5.92 Å². The van der Waals surface area contributed by atoms with E-state index in [1.807, 2.05) is 0 Å². The molecule has 0 heterocycles. The summed E-state index contributed by atoms with van der Waals surface area (Å²) in [5, 5.41) is 3.49. The van der Waals surface area contributed by atoms with Crippen LogP contribution in [0.25, 0.3) is 0 Å². The lowest BCUT2D eigenvalue weighted by Crippen LogP contribution is -2.43. The standard InChI is InChI=1S/C15H28F3N/c1-3-5-9-13(7-4-2)19-14-10-6-8-12(11-14)15(16,17)18/h12-14,19H,3-11H2,1-2H3. The molecule has 0 aliphatic heterocycles. The summed E-state index contributed by atoms with van der Waals surface area (Å²) in [6.07, 6.45) is 3.76. The van der Waals surface area contributed by atoms with E-state index in [-0.39, 0.29) is 12.5 Å². The van der Waals surface area contributed by atoms with Gasteiger partial charge in [0.25, 0.3) is 0 Å². The third-order valence-electron chi connectivity index (χ3n) is 4.15. The van der Waals surface area contributed by atoms with Crippen LogP contribution in [-0.2, 0) is 0 Å². The minimum Gasteiger partial charge on any atom is -0.311 e. The minimum absolute atomic E-state index is 0.0637. The Morgan fingerprint density at radius 2 is 1.84 bits per heavy atom. The van der Waals surface area contributed by atoms with Crippen molar-refractivity contribution in [2.75, 3.05) is 0 Å². The van der Waals surface area contributed by atoms with E-state index in [0.29, 0.717) is 18.9 Å². The highest BCUT2D eigenvalue weighted by molar-refractivity contribution is 4.84. The molecule has 1 saturated carbocycles. The van der Waals surface area contributed by atoms with Crippen molar-refractivity contribution in [2.24, 2.45) is 5.92 Å². The number of halogens is 3. The summed E-state index contributed by atoms with van der Waals surface area (Å²) in [7, 11) is 0. The number of unbranched alkanes of at least 4 members (excludes halogenated alkanes) is 1. The van der Waals surface area contributed by atoms with E-state index in [4.69, 9.17) is 0 Å². The fraction of sp³-hybridized carbons (Fsp3) is 1.00. The van der Waals surface area contributed by atoms with E-state index in [2.05, 4.69) is 19.2 Å². The van der Waals surface area contributed by atoms with E-state index in [0.717, 1.165) is 38.5 Å². The lowest BCUT2D eigenvalue weighted by molar-refractivity contribution is -0.183. The van der Waals surface area contributed by atoms with Crippen LogP contribution in [0.5, 0.6) is 0 Å². The lowest BCUT2D eigenvalue weighted by atomic mass is 9.84. The molecule has 0 amide bonds. The summed E-state index contributed by atoms with van der Waals surface area (Å²) in [6, 6.07) is 0.468. The monoisotopic (exact) mass is 279 g/mol. The number of alkyl halides is 3. The molecule has 3 atom stereocenters. The van der Waals surface area contributed by atoms with Crippen molar-refractivity contribution in [3.05, 3.63) is 0 Å². The van der Waals surface area contributed by atoms with E-state index in [9.17, 15) is 13.2 Å². The SMILES string of the molecule is CCCCC(CCC)NC1CCCC(C(F)(F)F)C1. The fourth-order valence-electron chi connectivity index (χ4n) is 3.08. The molecule has 0 spiro atoms. The van der Waals surface area contributed by atoms with Crippen molar-refractivity contribution in [3.8, 4) is 0 Å². The van der Waals surface area contributed by atoms with Gasteiger partial charge in [0.2, 0.25) is 0 Å². The van der Waals surface area contributed by atoms with Crippen LogP contribution in [0.4, 0.5) is 13.2 Å². The van der Waals surface area contributed by atoms with E-state index in [1.165, 1.54) is 0 Å².